The molecule has 0 aromatic rings. The summed E-state index contributed by atoms with van der Waals surface area (Å²) in [6.45, 7) is 13.3. The van der Waals surface area contributed by atoms with Crippen LogP contribution in [-0.2, 0) is 0 Å². The highest BCUT2D eigenvalue weighted by Gasteiger charge is 2.18. The van der Waals surface area contributed by atoms with Crippen molar-refractivity contribution in [2.24, 2.45) is 10.9 Å². The van der Waals surface area contributed by atoms with Gasteiger partial charge in [0.25, 0.3) is 0 Å². The van der Waals surface area contributed by atoms with Crippen molar-refractivity contribution < 1.29 is 0 Å². The average Bonchev–Trinajstić information content (AvgIpc) is 2.39. The van der Waals surface area contributed by atoms with Crippen LogP contribution < -0.4 is 10.6 Å². The number of nitrogens with one attached hydrogen (secondary N) is 2. The first-order valence-corrected chi connectivity index (χ1v) is 7.40. The van der Waals surface area contributed by atoms with Gasteiger partial charge < -0.3 is 15.5 Å². The Balaban J connectivity index is 2.26. The Morgan fingerprint density at radius 3 is 2.16 bits per heavy atom. The smallest absolute Gasteiger partial charge is 0.191 e. The number of hydrogen-bond donors (Lipinski definition) is 2. The van der Waals surface area contributed by atoms with Crippen LogP contribution >= 0.6 is 0 Å². The van der Waals surface area contributed by atoms with Gasteiger partial charge >= 0.3 is 0 Å². The summed E-state index contributed by atoms with van der Waals surface area (Å²) in [6, 6.07) is 0.548. The van der Waals surface area contributed by atoms with Gasteiger partial charge in [-0.25, -0.2) is 0 Å². The van der Waals surface area contributed by atoms with Crippen molar-refractivity contribution in [3.63, 3.8) is 0 Å². The van der Waals surface area contributed by atoms with Gasteiger partial charge in [0.05, 0.1) is 0 Å². The normalized spacial score (nSPS) is 20.6. The van der Waals surface area contributed by atoms with E-state index in [2.05, 4.69) is 53.2 Å². The van der Waals surface area contributed by atoms with Crippen LogP contribution in [0.2, 0.25) is 0 Å². The highest BCUT2D eigenvalue weighted by atomic mass is 15.3. The Kier molecular flexibility index (Phi) is 7.16. The van der Waals surface area contributed by atoms with Crippen molar-refractivity contribution >= 4 is 5.96 Å². The summed E-state index contributed by atoms with van der Waals surface area (Å²) < 4.78 is 0. The molecular formula is C14H31N5. The lowest BCUT2D eigenvalue weighted by Gasteiger charge is -2.36. The molecular weight excluding hydrogens is 238 g/mol. The van der Waals surface area contributed by atoms with Crippen molar-refractivity contribution in [1.82, 2.24) is 20.4 Å². The van der Waals surface area contributed by atoms with Gasteiger partial charge in [-0.05, 0) is 19.9 Å². The highest BCUT2D eigenvalue weighted by molar-refractivity contribution is 5.79. The molecule has 0 spiro atoms. The van der Waals surface area contributed by atoms with Crippen molar-refractivity contribution in [2.75, 3.05) is 53.4 Å². The molecule has 0 aromatic heterocycles. The van der Waals surface area contributed by atoms with E-state index in [0.717, 1.165) is 32.1 Å². The molecule has 0 radical (unpaired) electrons. The van der Waals surface area contributed by atoms with E-state index in [1.54, 1.807) is 0 Å². The number of rotatable bonds is 5. The van der Waals surface area contributed by atoms with Crippen molar-refractivity contribution in [2.45, 2.75) is 26.8 Å². The molecule has 1 heterocycles. The van der Waals surface area contributed by atoms with Gasteiger partial charge in [-0.1, -0.05) is 13.8 Å². The lowest BCUT2D eigenvalue weighted by atomic mass is 10.2. The maximum absolute atomic E-state index is 4.26. The predicted molar refractivity (Wildman–Crippen MR) is 82.7 cm³/mol. The second-order valence-electron chi connectivity index (χ2n) is 5.92. The molecule has 1 atom stereocenters. The Morgan fingerprint density at radius 2 is 1.63 bits per heavy atom. The van der Waals surface area contributed by atoms with E-state index in [1.807, 2.05) is 7.05 Å². The van der Waals surface area contributed by atoms with Crippen LogP contribution in [0.1, 0.15) is 20.8 Å². The van der Waals surface area contributed by atoms with Gasteiger partial charge in [0, 0.05) is 52.4 Å². The Morgan fingerprint density at radius 1 is 1.05 bits per heavy atom. The highest BCUT2D eigenvalue weighted by Crippen LogP contribution is 2.03. The first-order chi connectivity index (χ1) is 9.02. The van der Waals surface area contributed by atoms with Crippen molar-refractivity contribution in [3.05, 3.63) is 0 Å². The summed E-state index contributed by atoms with van der Waals surface area (Å²) >= 11 is 0. The number of piperazine rings is 1. The summed E-state index contributed by atoms with van der Waals surface area (Å²) in [5.41, 5.74) is 0. The zero-order chi connectivity index (χ0) is 14.3. The van der Waals surface area contributed by atoms with E-state index in [0.29, 0.717) is 12.0 Å². The molecule has 5 nitrogen and oxygen atoms in total. The Hall–Kier alpha value is -0.810. The number of likely N-dealkylation sites (N-methyl/N-ethyl adjacent to an activating group) is 1. The minimum atomic E-state index is 0.548. The molecule has 1 unspecified atom stereocenters. The number of guanidine groups is 1. The molecule has 0 aromatic carbocycles. The zero-order valence-corrected chi connectivity index (χ0v) is 13.2. The maximum atomic E-state index is 4.26. The third kappa shape index (κ3) is 6.25. The van der Waals surface area contributed by atoms with Gasteiger partial charge in [0.1, 0.15) is 0 Å². The molecule has 1 rings (SSSR count). The molecule has 1 saturated heterocycles. The largest absolute Gasteiger partial charge is 0.356 e. The van der Waals surface area contributed by atoms with Gasteiger partial charge in [0.15, 0.2) is 5.96 Å². The van der Waals surface area contributed by atoms with Crippen molar-refractivity contribution in [1.29, 1.82) is 0 Å². The first-order valence-electron chi connectivity index (χ1n) is 7.40. The summed E-state index contributed by atoms with van der Waals surface area (Å²) in [7, 11) is 4.02. The van der Waals surface area contributed by atoms with Crippen LogP contribution in [0.4, 0.5) is 0 Å². The van der Waals surface area contributed by atoms with Gasteiger partial charge in [-0.15, -0.1) is 0 Å². The van der Waals surface area contributed by atoms with Crippen LogP contribution in [-0.4, -0.2) is 75.2 Å². The van der Waals surface area contributed by atoms with Crippen LogP contribution in [0.3, 0.4) is 0 Å². The fourth-order valence-electron chi connectivity index (χ4n) is 2.16. The van der Waals surface area contributed by atoms with Crippen LogP contribution in [0.5, 0.6) is 0 Å². The second-order valence-corrected chi connectivity index (χ2v) is 5.92. The Bertz CT molecular complexity index is 269. The van der Waals surface area contributed by atoms with Crippen molar-refractivity contribution in [3.8, 4) is 0 Å². The third-order valence-corrected chi connectivity index (χ3v) is 3.63. The lowest BCUT2D eigenvalue weighted by Crippen LogP contribution is -2.52. The summed E-state index contributed by atoms with van der Waals surface area (Å²) in [4.78, 5) is 9.19. The molecule has 0 saturated carbocycles. The lowest BCUT2D eigenvalue weighted by molar-refractivity contribution is 0.120. The predicted octanol–water partition coefficient (Wildman–Crippen LogP) is 0.443. The minimum absolute atomic E-state index is 0.548. The Labute approximate surface area is 118 Å². The summed E-state index contributed by atoms with van der Waals surface area (Å²) in [5, 5.41) is 6.76. The molecule has 5 heteroatoms. The zero-order valence-electron chi connectivity index (χ0n) is 13.2. The van der Waals surface area contributed by atoms with E-state index in [9.17, 15) is 0 Å². The molecule has 0 amide bonds. The van der Waals surface area contributed by atoms with E-state index in [-0.39, 0.29) is 0 Å². The molecule has 1 aliphatic heterocycles. The summed E-state index contributed by atoms with van der Waals surface area (Å²) in [5.74, 6) is 1.54. The molecule has 1 fully saturated rings. The van der Waals surface area contributed by atoms with Gasteiger partial charge in [-0.2, -0.15) is 0 Å². The van der Waals surface area contributed by atoms with E-state index in [4.69, 9.17) is 0 Å². The fraction of sp³-hybridized carbons (Fsp3) is 0.929. The molecule has 0 aliphatic carbocycles. The quantitative estimate of drug-likeness (QED) is 0.561. The van der Waals surface area contributed by atoms with E-state index >= 15 is 0 Å². The fourth-order valence-corrected chi connectivity index (χ4v) is 2.16. The van der Waals surface area contributed by atoms with Gasteiger partial charge in [-0.3, -0.25) is 9.89 Å². The molecule has 2 N–H and O–H groups in total. The number of nitrogens with zero attached hydrogens (tertiary/aromatic N) is 3. The van der Waals surface area contributed by atoms with E-state index < -0.39 is 0 Å². The topological polar surface area (TPSA) is 42.9 Å². The number of aliphatic imine (C=N–C) groups is 1. The molecule has 1 aliphatic rings. The third-order valence-electron chi connectivity index (χ3n) is 3.63. The van der Waals surface area contributed by atoms with Crippen LogP contribution in [0.15, 0.2) is 4.99 Å². The standard InChI is InChI=1S/C14H31N5/c1-12(2)10-16-14(15-4)17-11-13(3)19-8-6-18(5)7-9-19/h12-13H,6-11H2,1-5H3,(H2,15,16,17). The molecule has 19 heavy (non-hydrogen) atoms. The van der Waals surface area contributed by atoms with E-state index in [1.165, 1.54) is 13.1 Å². The van der Waals surface area contributed by atoms with Crippen LogP contribution in [0.25, 0.3) is 0 Å². The SMILES string of the molecule is CN=C(NCC(C)C)NCC(C)N1CCN(C)CC1. The average molecular weight is 269 g/mol. The maximum Gasteiger partial charge on any atom is 0.191 e. The monoisotopic (exact) mass is 269 g/mol. The molecule has 0 bridgehead atoms. The first kappa shape index (κ1) is 16.2. The van der Waals surface area contributed by atoms with Gasteiger partial charge in [0.2, 0.25) is 0 Å². The van der Waals surface area contributed by atoms with Crippen LogP contribution in [0, 0.1) is 5.92 Å². The second kappa shape index (κ2) is 8.38. The number of hydrogen-bond acceptors (Lipinski definition) is 3. The molecule has 112 valence electrons. The summed E-state index contributed by atoms with van der Waals surface area (Å²) in [6.07, 6.45) is 0. The minimum Gasteiger partial charge on any atom is -0.356 e.